The van der Waals surface area contributed by atoms with Gasteiger partial charge in [-0.3, -0.25) is 0 Å². The Morgan fingerprint density at radius 2 is 1.67 bits per heavy atom. The van der Waals surface area contributed by atoms with Gasteiger partial charge in [0.2, 0.25) is 0 Å². The number of aliphatic hydroxyl groups is 1. The molecule has 1 saturated heterocycles. The lowest BCUT2D eigenvalue weighted by Crippen LogP contribution is -2.51. The topological polar surface area (TPSA) is 78.2 Å². The highest BCUT2D eigenvalue weighted by Crippen LogP contribution is 2.52. The van der Waals surface area contributed by atoms with Crippen LogP contribution in [0.4, 0.5) is 0 Å². The molecule has 0 bridgehead atoms. The zero-order valence-electron chi connectivity index (χ0n) is 11.1. The largest absolute Gasteiger partial charge is 0.388 e. The average Bonchev–Trinajstić information content (AvgIpc) is 2.61. The van der Waals surface area contributed by atoms with E-state index in [1.165, 1.54) is 0 Å². The zero-order valence-corrected chi connectivity index (χ0v) is 11.9. The van der Waals surface area contributed by atoms with Gasteiger partial charge in [-0.1, -0.05) is 13.8 Å². The van der Waals surface area contributed by atoms with Crippen LogP contribution in [0.25, 0.3) is 0 Å². The zero-order chi connectivity index (χ0) is 13.7. The molecule has 0 spiro atoms. The molecule has 18 heavy (non-hydrogen) atoms. The minimum absolute atomic E-state index is 0.0340. The van der Waals surface area contributed by atoms with Gasteiger partial charge in [0.15, 0.2) is 9.84 Å². The molecule has 1 aliphatic carbocycles. The second-order valence-corrected chi connectivity index (χ2v) is 8.92. The van der Waals surface area contributed by atoms with Gasteiger partial charge in [0, 0.05) is 0 Å². The molecule has 4 nitrogen and oxygen atoms in total. The maximum Gasteiger partial charge on any atom is 0.152 e. The Kier molecular flexibility index (Phi) is 3.03. The van der Waals surface area contributed by atoms with Gasteiger partial charge < -0.3 is 5.11 Å². The molecule has 0 aromatic rings. The lowest BCUT2D eigenvalue weighted by atomic mass is 9.60. The van der Waals surface area contributed by atoms with Crippen molar-refractivity contribution < 1.29 is 13.5 Å². The monoisotopic (exact) mass is 271 g/mol. The third-order valence-corrected chi connectivity index (χ3v) is 6.60. The molecule has 1 heterocycles. The van der Waals surface area contributed by atoms with Gasteiger partial charge >= 0.3 is 0 Å². The van der Waals surface area contributed by atoms with E-state index in [1.54, 1.807) is 0 Å². The Morgan fingerprint density at radius 1 is 1.11 bits per heavy atom. The molecule has 5 heteroatoms. The van der Waals surface area contributed by atoms with E-state index >= 15 is 0 Å². The van der Waals surface area contributed by atoms with Crippen molar-refractivity contribution in [2.45, 2.75) is 51.6 Å². The van der Waals surface area contributed by atoms with E-state index < -0.39 is 20.9 Å². The number of hydrogen-bond donors (Lipinski definition) is 1. The van der Waals surface area contributed by atoms with Crippen molar-refractivity contribution in [2.24, 2.45) is 10.8 Å². The Hall–Kier alpha value is -0.600. The fourth-order valence-corrected chi connectivity index (χ4v) is 5.26. The van der Waals surface area contributed by atoms with Crippen LogP contribution in [0.3, 0.4) is 0 Å². The number of sulfone groups is 1. The van der Waals surface area contributed by atoms with Crippen molar-refractivity contribution in [3.63, 3.8) is 0 Å². The maximum atomic E-state index is 11.7. The van der Waals surface area contributed by atoms with Gasteiger partial charge in [-0.05, 0) is 37.5 Å². The van der Waals surface area contributed by atoms with Crippen LogP contribution in [0.15, 0.2) is 0 Å². The van der Waals surface area contributed by atoms with E-state index in [0.29, 0.717) is 12.8 Å². The predicted octanol–water partition coefficient (Wildman–Crippen LogP) is 1.65. The second kappa shape index (κ2) is 3.94. The molecule has 1 atom stereocenters. The van der Waals surface area contributed by atoms with Gasteiger partial charge in [0.05, 0.1) is 23.2 Å². The van der Waals surface area contributed by atoms with Crippen molar-refractivity contribution >= 4 is 9.84 Å². The molecule has 1 aliphatic heterocycles. The molecule has 0 aromatic heterocycles. The summed E-state index contributed by atoms with van der Waals surface area (Å²) < 4.78 is 23.3. The van der Waals surface area contributed by atoms with E-state index in [0.717, 1.165) is 12.8 Å². The summed E-state index contributed by atoms with van der Waals surface area (Å²) >= 11 is 0. The van der Waals surface area contributed by atoms with Crippen molar-refractivity contribution in [3.05, 3.63) is 0 Å². The summed E-state index contributed by atoms with van der Waals surface area (Å²) in [5, 5.41) is 20.2. The predicted molar refractivity (Wildman–Crippen MR) is 68.5 cm³/mol. The van der Waals surface area contributed by atoms with Gasteiger partial charge in [0.1, 0.15) is 5.41 Å². The first-order valence-corrected chi connectivity index (χ1v) is 8.30. The van der Waals surface area contributed by atoms with E-state index in [1.807, 2.05) is 0 Å². The summed E-state index contributed by atoms with van der Waals surface area (Å²) in [6.45, 7) is 4.30. The highest BCUT2D eigenvalue weighted by Gasteiger charge is 2.58. The molecule has 2 fully saturated rings. The summed E-state index contributed by atoms with van der Waals surface area (Å²) in [6, 6.07) is 2.14. The Morgan fingerprint density at radius 3 is 2.06 bits per heavy atom. The SMILES string of the molecule is CC1(C)CCC(O)(C2(C#N)CCS(=O)(=O)C2)CC1. The molecule has 102 valence electrons. The Balaban J connectivity index is 2.28. The first kappa shape index (κ1) is 13.8. The standard InChI is InChI=1S/C13H21NO3S/c1-11(2)3-5-13(15,6-4-11)12(9-14)7-8-18(16,17)10-12/h15H,3-8,10H2,1-2H3. The average molecular weight is 271 g/mol. The molecule has 0 aromatic carbocycles. The molecule has 0 amide bonds. The van der Waals surface area contributed by atoms with Crippen molar-refractivity contribution in [3.8, 4) is 6.07 Å². The molecule has 2 rings (SSSR count). The van der Waals surface area contributed by atoms with E-state index in [2.05, 4.69) is 19.9 Å². The van der Waals surface area contributed by atoms with Crippen molar-refractivity contribution in [1.82, 2.24) is 0 Å². The molecule has 1 unspecified atom stereocenters. The quantitative estimate of drug-likeness (QED) is 0.786. The fraction of sp³-hybridized carbons (Fsp3) is 0.923. The van der Waals surface area contributed by atoms with E-state index in [-0.39, 0.29) is 23.3 Å². The van der Waals surface area contributed by atoms with Crippen molar-refractivity contribution in [1.29, 1.82) is 5.26 Å². The third kappa shape index (κ3) is 2.17. The second-order valence-electron chi connectivity index (χ2n) is 6.73. The number of nitrogens with zero attached hydrogens (tertiary/aromatic N) is 1. The number of hydrogen-bond acceptors (Lipinski definition) is 4. The normalized spacial score (nSPS) is 37.0. The Bertz CT molecular complexity index is 479. The van der Waals surface area contributed by atoms with Crippen LogP contribution in [0.2, 0.25) is 0 Å². The van der Waals surface area contributed by atoms with E-state index in [9.17, 15) is 18.8 Å². The van der Waals surface area contributed by atoms with Crippen LogP contribution >= 0.6 is 0 Å². The maximum absolute atomic E-state index is 11.7. The van der Waals surface area contributed by atoms with Crippen LogP contribution in [0, 0.1) is 22.2 Å². The third-order valence-electron chi connectivity index (χ3n) is 4.84. The van der Waals surface area contributed by atoms with E-state index in [4.69, 9.17) is 0 Å². The highest BCUT2D eigenvalue weighted by atomic mass is 32.2. The molecule has 1 N–H and O–H groups in total. The van der Waals surface area contributed by atoms with Crippen LogP contribution in [0.1, 0.15) is 46.0 Å². The van der Waals surface area contributed by atoms with Crippen LogP contribution in [0.5, 0.6) is 0 Å². The summed E-state index contributed by atoms with van der Waals surface area (Å²) in [4.78, 5) is 0. The summed E-state index contributed by atoms with van der Waals surface area (Å²) in [5.74, 6) is -0.139. The van der Waals surface area contributed by atoms with Gasteiger partial charge in [-0.25, -0.2) is 8.42 Å². The van der Waals surface area contributed by atoms with Crippen LogP contribution in [-0.2, 0) is 9.84 Å². The number of rotatable bonds is 1. The minimum atomic E-state index is -3.16. The fourth-order valence-electron chi connectivity index (χ4n) is 3.23. The lowest BCUT2D eigenvalue weighted by molar-refractivity contribution is -0.0916. The highest BCUT2D eigenvalue weighted by molar-refractivity contribution is 7.91. The lowest BCUT2D eigenvalue weighted by Gasteiger charge is -2.46. The summed E-state index contributed by atoms with van der Waals surface area (Å²) in [6.07, 6.45) is 3.02. The van der Waals surface area contributed by atoms with Crippen LogP contribution < -0.4 is 0 Å². The van der Waals surface area contributed by atoms with Gasteiger partial charge in [-0.15, -0.1) is 0 Å². The summed E-state index contributed by atoms with van der Waals surface area (Å²) in [7, 11) is -3.16. The van der Waals surface area contributed by atoms with Gasteiger partial charge in [0.25, 0.3) is 0 Å². The summed E-state index contributed by atoms with van der Waals surface area (Å²) in [5.41, 5.74) is -2.02. The first-order chi connectivity index (χ1) is 8.14. The van der Waals surface area contributed by atoms with Crippen molar-refractivity contribution in [2.75, 3.05) is 11.5 Å². The Labute approximate surface area is 109 Å². The molecule has 0 radical (unpaired) electrons. The number of nitriles is 1. The minimum Gasteiger partial charge on any atom is -0.388 e. The molecule has 1 saturated carbocycles. The van der Waals surface area contributed by atoms with Crippen LogP contribution in [-0.4, -0.2) is 30.6 Å². The smallest absolute Gasteiger partial charge is 0.152 e. The first-order valence-electron chi connectivity index (χ1n) is 6.48. The molecular weight excluding hydrogens is 250 g/mol. The molecule has 2 aliphatic rings. The molecular formula is C13H21NO3S. The van der Waals surface area contributed by atoms with Gasteiger partial charge in [-0.2, -0.15) is 5.26 Å².